The summed E-state index contributed by atoms with van der Waals surface area (Å²) in [6.07, 6.45) is 1.96. The van der Waals surface area contributed by atoms with Gasteiger partial charge in [-0.15, -0.1) is 11.3 Å². The summed E-state index contributed by atoms with van der Waals surface area (Å²) in [5.41, 5.74) is 7.07. The Morgan fingerprint density at radius 3 is 1.67 bits per heavy atom. The molecule has 0 unspecified atom stereocenters. The Balaban J connectivity index is 1.20. The van der Waals surface area contributed by atoms with Crippen molar-refractivity contribution in [1.82, 2.24) is 4.98 Å². The summed E-state index contributed by atoms with van der Waals surface area (Å²) in [5.74, 6) is 0. The molecule has 0 aliphatic rings. The van der Waals surface area contributed by atoms with Crippen LogP contribution >= 0.6 is 11.3 Å². The highest BCUT2D eigenvalue weighted by atomic mass is 32.1. The maximum atomic E-state index is 4.92. The highest BCUT2D eigenvalue weighted by Gasteiger charge is 2.14. The van der Waals surface area contributed by atoms with Crippen molar-refractivity contribution in [1.29, 1.82) is 0 Å². The first-order chi connectivity index (χ1) is 21.3. The van der Waals surface area contributed by atoms with E-state index in [1.807, 2.05) is 17.5 Å². The van der Waals surface area contributed by atoms with Crippen LogP contribution in [0.3, 0.4) is 0 Å². The lowest BCUT2D eigenvalue weighted by Gasteiger charge is -2.12. The van der Waals surface area contributed by atoms with E-state index in [1.165, 1.54) is 74.7 Å². The van der Waals surface area contributed by atoms with Crippen LogP contribution in [0.1, 0.15) is 0 Å². The van der Waals surface area contributed by atoms with E-state index in [1.54, 1.807) is 0 Å². The normalized spacial score (nSPS) is 11.7. The molecule has 0 spiro atoms. The van der Waals surface area contributed by atoms with Crippen molar-refractivity contribution in [2.75, 3.05) is 0 Å². The SMILES string of the molecule is c1ccc(-c2ccc3sc4c(-c5cccc(-c6ccc7c8ccccc8c8ccccc8c7c6)c5)nccc4c3c2)cc1. The van der Waals surface area contributed by atoms with E-state index < -0.39 is 0 Å². The molecular weight excluding hydrogens is 539 g/mol. The van der Waals surface area contributed by atoms with Gasteiger partial charge in [-0.1, -0.05) is 115 Å². The van der Waals surface area contributed by atoms with Crippen LogP contribution in [0, 0.1) is 0 Å². The predicted octanol–water partition coefficient (Wildman–Crippen LogP) is 11.9. The third-order valence-electron chi connectivity index (χ3n) is 8.71. The molecular formula is C41H25NS. The van der Waals surface area contributed by atoms with Crippen molar-refractivity contribution in [2.45, 2.75) is 0 Å². The number of rotatable bonds is 3. The smallest absolute Gasteiger partial charge is 0.0880 e. The summed E-state index contributed by atoms with van der Waals surface area (Å²) in [5, 5.41) is 10.3. The summed E-state index contributed by atoms with van der Waals surface area (Å²) in [6, 6.07) is 52.9. The van der Waals surface area contributed by atoms with Gasteiger partial charge >= 0.3 is 0 Å². The number of benzene rings is 7. The summed E-state index contributed by atoms with van der Waals surface area (Å²) in [4.78, 5) is 4.92. The minimum atomic E-state index is 1.04. The van der Waals surface area contributed by atoms with Gasteiger partial charge < -0.3 is 0 Å². The standard InChI is InChI=1S/C41H25NS/c1-2-9-26(10-3-1)28-18-20-39-38(25-28)36-21-22-42-40(41(36)43-39)30-12-8-11-27(23-30)29-17-19-35-33-15-5-4-13-31(33)32-14-6-7-16-34(32)37(35)24-29/h1-25H. The number of pyridine rings is 1. The lowest BCUT2D eigenvalue weighted by atomic mass is 9.91. The Morgan fingerprint density at radius 2 is 0.907 bits per heavy atom. The molecule has 2 aromatic heterocycles. The highest BCUT2D eigenvalue weighted by molar-refractivity contribution is 7.26. The Labute approximate surface area is 253 Å². The number of aromatic nitrogens is 1. The van der Waals surface area contributed by atoms with Gasteiger partial charge in [0.1, 0.15) is 0 Å². The van der Waals surface area contributed by atoms with Gasteiger partial charge in [-0.3, -0.25) is 4.98 Å². The molecule has 2 heterocycles. The number of thiophene rings is 1. The number of hydrogen-bond acceptors (Lipinski definition) is 2. The monoisotopic (exact) mass is 563 g/mol. The maximum absolute atomic E-state index is 4.92. The van der Waals surface area contributed by atoms with Crippen LogP contribution in [0.15, 0.2) is 152 Å². The summed E-state index contributed by atoms with van der Waals surface area (Å²) < 4.78 is 2.52. The van der Waals surface area contributed by atoms with E-state index in [0.29, 0.717) is 0 Å². The van der Waals surface area contributed by atoms with Gasteiger partial charge in [0.2, 0.25) is 0 Å². The summed E-state index contributed by atoms with van der Waals surface area (Å²) >= 11 is 1.83. The quantitative estimate of drug-likeness (QED) is 0.195. The molecule has 0 aliphatic heterocycles. The molecule has 0 atom stereocenters. The zero-order chi connectivity index (χ0) is 28.3. The molecule has 0 saturated carbocycles. The predicted molar refractivity (Wildman–Crippen MR) is 186 cm³/mol. The van der Waals surface area contributed by atoms with Crippen molar-refractivity contribution in [3.8, 4) is 33.5 Å². The minimum absolute atomic E-state index is 1.04. The fourth-order valence-electron chi connectivity index (χ4n) is 6.65. The van der Waals surface area contributed by atoms with Crippen LogP contribution in [-0.4, -0.2) is 4.98 Å². The van der Waals surface area contributed by atoms with E-state index in [4.69, 9.17) is 4.98 Å². The molecule has 1 nitrogen and oxygen atoms in total. The average molecular weight is 564 g/mol. The van der Waals surface area contributed by atoms with Crippen molar-refractivity contribution in [2.24, 2.45) is 0 Å². The van der Waals surface area contributed by atoms with Gasteiger partial charge in [0.15, 0.2) is 0 Å². The molecule has 2 heteroatoms. The second-order valence-electron chi connectivity index (χ2n) is 11.1. The molecule has 0 radical (unpaired) electrons. The third kappa shape index (κ3) is 3.88. The van der Waals surface area contributed by atoms with Gasteiger partial charge in [0.25, 0.3) is 0 Å². The van der Waals surface area contributed by atoms with Gasteiger partial charge in [-0.05, 0) is 84.9 Å². The fraction of sp³-hybridized carbons (Fsp3) is 0. The third-order valence-corrected chi connectivity index (χ3v) is 9.90. The first kappa shape index (κ1) is 24.3. The lowest BCUT2D eigenvalue weighted by Crippen LogP contribution is -1.87. The second-order valence-corrected chi connectivity index (χ2v) is 12.2. The molecule has 0 bridgehead atoms. The first-order valence-electron chi connectivity index (χ1n) is 14.6. The molecule has 0 saturated heterocycles. The molecule has 9 aromatic rings. The zero-order valence-corrected chi connectivity index (χ0v) is 24.1. The molecule has 0 amide bonds. The molecule has 0 aliphatic carbocycles. The molecule has 0 N–H and O–H groups in total. The Hall–Kier alpha value is -5.31. The molecule has 43 heavy (non-hydrogen) atoms. The van der Waals surface area contributed by atoms with E-state index in [0.717, 1.165) is 11.3 Å². The molecule has 9 rings (SSSR count). The largest absolute Gasteiger partial charge is 0.255 e. The average Bonchev–Trinajstić information content (AvgIpc) is 3.47. The van der Waals surface area contributed by atoms with Crippen molar-refractivity contribution >= 4 is 63.8 Å². The zero-order valence-electron chi connectivity index (χ0n) is 23.3. The highest BCUT2D eigenvalue weighted by Crippen LogP contribution is 2.42. The maximum Gasteiger partial charge on any atom is 0.0880 e. The van der Waals surface area contributed by atoms with E-state index in [-0.39, 0.29) is 0 Å². The van der Waals surface area contributed by atoms with Gasteiger partial charge in [-0.25, -0.2) is 0 Å². The number of hydrogen-bond donors (Lipinski definition) is 0. The van der Waals surface area contributed by atoms with Crippen molar-refractivity contribution in [3.05, 3.63) is 152 Å². The Morgan fingerprint density at radius 1 is 0.349 bits per heavy atom. The molecule has 7 aromatic carbocycles. The van der Waals surface area contributed by atoms with Crippen LogP contribution in [0.5, 0.6) is 0 Å². The van der Waals surface area contributed by atoms with Crippen LogP contribution < -0.4 is 0 Å². The first-order valence-corrected chi connectivity index (χ1v) is 15.4. The minimum Gasteiger partial charge on any atom is -0.255 e. The van der Waals surface area contributed by atoms with E-state index in [9.17, 15) is 0 Å². The van der Waals surface area contributed by atoms with Gasteiger partial charge in [0, 0.05) is 27.2 Å². The Kier molecular flexibility index (Phi) is 5.44. The van der Waals surface area contributed by atoms with Crippen molar-refractivity contribution in [3.63, 3.8) is 0 Å². The number of nitrogens with zero attached hydrogens (tertiary/aromatic N) is 1. The van der Waals surface area contributed by atoms with E-state index in [2.05, 4.69) is 146 Å². The van der Waals surface area contributed by atoms with Crippen LogP contribution in [-0.2, 0) is 0 Å². The lowest BCUT2D eigenvalue weighted by molar-refractivity contribution is 1.37. The Bertz CT molecular complexity index is 2470. The molecule has 200 valence electrons. The molecule has 0 fully saturated rings. The summed E-state index contributed by atoms with van der Waals surface area (Å²) in [7, 11) is 0. The second kappa shape index (κ2) is 9.62. The topological polar surface area (TPSA) is 12.9 Å². The van der Waals surface area contributed by atoms with E-state index >= 15 is 0 Å². The number of fused-ring (bicyclic) bond motifs is 9. The fourth-order valence-corrected chi connectivity index (χ4v) is 7.84. The van der Waals surface area contributed by atoms with Crippen LogP contribution in [0.25, 0.3) is 86.0 Å². The van der Waals surface area contributed by atoms with Gasteiger partial charge in [-0.2, -0.15) is 0 Å². The van der Waals surface area contributed by atoms with Crippen LogP contribution in [0.2, 0.25) is 0 Å². The summed E-state index contributed by atoms with van der Waals surface area (Å²) in [6.45, 7) is 0. The van der Waals surface area contributed by atoms with Crippen molar-refractivity contribution < 1.29 is 0 Å². The van der Waals surface area contributed by atoms with Gasteiger partial charge in [0.05, 0.1) is 10.4 Å². The van der Waals surface area contributed by atoms with Crippen LogP contribution in [0.4, 0.5) is 0 Å².